The zero-order valence-electron chi connectivity index (χ0n) is 11.7. The number of carbonyl (C=O) groups is 1. The molecule has 1 fully saturated rings. The lowest BCUT2D eigenvalue weighted by atomic mass is 10.2. The molecule has 1 amide bonds. The number of nitrogens with one attached hydrogen (secondary N) is 1. The highest BCUT2D eigenvalue weighted by atomic mass is 35.5. The van der Waals surface area contributed by atoms with Gasteiger partial charge in [-0.25, -0.2) is 0 Å². The number of ether oxygens (including phenoxy) is 1. The number of halogens is 1. The summed E-state index contributed by atoms with van der Waals surface area (Å²) < 4.78 is 7.05. The van der Waals surface area contributed by atoms with Crippen molar-refractivity contribution in [2.24, 2.45) is 5.92 Å². The molecule has 1 N–H and O–H groups in total. The second kappa shape index (κ2) is 5.77. The van der Waals surface area contributed by atoms with Crippen molar-refractivity contribution in [2.75, 3.05) is 12.4 Å². The second-order valence-corrected chi connectivity index (χ2v) is 5.63. The maximum atomic E-state index is 12.3. The van der Waals surface area contributed by atoms with Gasteiger partial charge in [-0.1, -0.05) is 11.6 Å². The molecule has 1 saturated carbocycles. The van der Waals surface area contributed by atoms with Crippen LogP contribution in [0.5, 0.6) is 5.75 Å². The molecule has 1 heterocycles. The molecule has 6 heteroatoms. The van der Waals surface area contributed by atoms with E-state index in [2.05, 4.69) is 10.4 Å². The van der Waals surface area contributed by atoms with Gasteiger partial charge >= 0.3 is 0 Å². The van der Waals surface area contributed by atoms with Crippen LogP contribution >= 0.6 is 11.6 Å². The highest BCUT2D eigenvalue weighted by Crippen LogP contribution is 2.30. The number of nitrogens with zero attached hydrogens (tertiary/aromatic N) is 2. The topological polar surface area (TPSA) is 56.1 Å². The van der Waals surface area contributed by atoms with E-state index in [4.69, 9.17) is 16.3 Å². The minimum absolute atomic E-state index is 0.264. The van der Waals surface area contributed by atoms with Crippen LogP contribution < -0.4 is 10.1 Å². The minimum Gasteiger partial charge on any atom is -0.496 e. The summed E-state index contributed by atoms with van der Waals surface area (Å²) in [5.41, 5.74) is 1.07. The number of hydrogen-bond acceptors (Lipinski definition) is 3. The molecule has 1 aromatic heterocycles. The Labute approximate surface area is 127 Å². The maximum Gasteiger partial charge on any atom is 0.259 e. The third-order valence-electron chi connectivity index (χ3n) is 3.44. The molecule has 0 unspecified atom stereocenters. The van der Waals surface area contributed by atoms with Gasteiger partial charge in [-0.3, -0.25) is 9.48 Å². The lowest BCUT2D eigenvalue weighted by Gasteiger charge is -2.08. The predicted octanol–water partition coefficient (Wildman–Crippen LogP) is 3.21. The molecule has 110 valence electrons. The van der Waals surface area contributed by atoms with Gasteiger partial charge < -0.3 is 10.1 Å². The Bertz CT molecular complexity index is 665. The Balaban J connectivity index is 1.73. The highest BCUT2D eigenvalue weighted by molar-refractivity contribution is 6.31. The summed E-state index contributed by atoms with van der Waals surface area (Å²) in [6, 6.07) is 4.95. The van der Waals surface area contributed by atoms with Crippen LogP contribution in [0.3, 0.4) is 0 Å². The summed E-state index contributed by atoms with van der Waals surface area (Å²) in [5.74, 6) is 0.962. The summed E-state index contributed by atoms with van der Waals surface area (Å²) in [7, 11) is 1.52. The van der Waals surface area contributed by atoms with Crippen molar-refractivity contribution in [3.05, 3.63) is 41.2 Å². The first-order valence-corrected chi connectivity index (χ1v) is 7.21. The predicted molar refractivity (Wildman–Crippen MR) is 80.9 cm³/mol. The number of methoxy groups -OCH3 is 1. The first-order valence-electron chi connectivity index (χ1n) is 6.83. The third-order valence-corrected chi connectivity index (χ3v) is 3.67. The van der Waals surface area contributed by atoms with Crippen molar-refractivity contribution in [3.63, 3.8) is 0 Å². The van der Waals surface area contributed by atoms with Crippen LogP contribution in [0, 0.1) is 5.92 Å². The van der Waals surface area contributed by atoms with E-state index < -0.39 is 0 Å². The maximum absolute atomic E-state index is 12.3. The fraction of sp³-hybridized carbons (Fsp3) is 0.333. The van der Waals surface area contributed by atoms with Crippen molar-refractivity contribution in [3.8, 4) is 5.75 Å². The standard InChI is InChI=1S/C15H16ClN3O2/c1-21-14-5-4-11(16)6-13(14)15(20)18-12-7-17-19(9-12)8-10-2-3-10/h4-7,9-10H,2-3,8H2,1H3,(H,18,20). The molecule has 0 bridgehead atoms. The summed E-state index contributed by atoms with van der Waals surface area (Å²) in [5, 5.41) is 7.55. The van der Waals surface area contributed by atoms with Crippen molar-refractivity contribution in [2.45, 2.75) is 19.4 Å². The molecular formula is C15H16ClN3O2. The van der Waals surface area contributed by atoms with Crippen molar-refractivity contribution in [1.29, 1.82) is 0 Å². The van der Waals surface area contributed by atoms with Crippen molar-refractivity contribution in [1.82, 2.24) is 9.78 Å². The van der Waals surface area contributed by atoms with E-state index in [1.54, 1.807) is 24.4 Å². The number of anilines is 1. The Morgan fingerprint density at radius 3 is 3.05 bits per heavy atom. The molecule has 1 aromatic carbocycles. The Kier molecular flexibility index (Phi) is 3.84. The third kappa shape index (κ3) is 3.36. The van der Waals surface area contributed by atoms with E-state index in [1.807, 2.05) is 10.9 Å². The fourth-order valence-corrected chi connectivity index (χ4v) is 2.32. The molecule has 21 heavy (non-hydrogen) atoms. The molecule has 0 saturated heterocycles. The number of amides is 1. The first-order chi connectivity index (χ1) is 10.2. The first kappa shape index (κ1) is 13.9. The van der Waals surface area contributed by atoms with E-state index >= 15 is 0 Å². The van der Waals surface area contributed by atoms with Gasteiger partial charge in [0, 0.05) is 17.8 Å². The lowest BCUT2D eigenvalue weighted by Crippen LogP contribution is -2.12. The zero-order valence-corrected chi connectivity index (χ0v) is 12.4. The van der Waals surface area contributed by atoms with Gasteiger partial charge in [0.25, 0.3) is 5.91 Å². The molecule has 0 aliphatic heterocycles. The molecule has 0 radical (unpaired) electrons. The van der Waals surface area contributed by atoms with E-state index in [9.17, 15) is 4.79 Å². The molecule has 0 atom stereocenters. The molecule has 5 nitrogen and oxygen atoms in total. The molecule has 1 aliphatic rings. The normalized spacial score (nSPS) is 14.0. The summed E-state index contributed by atoms with van der Waals surface area (Å²) in [6.45, 7) is 0.913. The van der Waals surface area contributed by atoms with Crippen LogP contribution in [-0.4, -0.2) is 22.8 Å². The largest absolute Gasteiger partial charge is 0.496 e. The zero-order chi connectivity index (χ0) is 14.8. The van der Waals surface area contributed by atoms with Gasteiger partial charge in [0.2, 0.25) is 0 Å². The molecular weight excluding hydrogens is 290 g/mol. The van der Waals surface area contributed by atoms with Crippen LogP contribution in [0.4, 0.5) is 5.69 Å². The lowest BCUT2D eigenvalue weighted by molar-refractivity contribution is 0.102. The van der Waals surface area contributed by atoms with Gasteiger partial charge in [0.1, 0.15) is 5.75 Å². The molecule has 3 rings (SSSR count). The van der Waals surface area contributed by atoms with E-state index in [0.29, 0.717) is 22.0 Å². The van der Waals surface area contributed by atoms with E-state index in [-0.39, 0.29) is 5.91 Å². The number of benzene rings is 1. The van der Waals surface area contributed by atoms with E-state index in [0.717, 1.165) is 12.5 Å². The Morgan fingerprint density at radius 2 is 2.33 bits per heavy atom. The summed E-state index contributed by atoms with van der Waals surface area (Å²) in [4.78, 5) is 12.3. The van der Waals surface area contributed by atoms with Crippen LogP contribution in [0.15, 0.2) is 30.6 Å². The number of rotatable bonds is 5. The Morgan fingerprint density at radius 1 is 1.52 bits per heavy atom. The average Bonchev–Trinajstić information content (AvgIpc) is 3.18. The van der Waals surface area contributed by atoms with Crippen LogP contribution in [-0.2, 0) is 6.54 Å². The van der Waals surface area contributed by atoms with Gasteiger partial charge in [-0.2, -0.15) is 5.10 Å². The van der Waals surface area contributed by atoms with Gasteiger partial charge in [-0.15, -0.1) is 0 Å². The fourth-order valence-electron chi connectivity index (χ4n) is 2.15. The second-order valence-electron chi connectivity index (χ2n) is 5.19. The van der Waals surface area contributed by atoms with Gasteiger partial charge in [-0.05, 0) is 37.0 Å². The van der Waals surface area contributed by atoms with Crippen molar-refractivity contribution >= 4 is 23.2 Å². The summed E-state index contributed by atoms with van der Waals surface area (Å²) >= 11 is 5.94. The highest BCUT2D eigenvalue weighted by Gasteiger charge is 2.22. The smallest absolute Gasteiger partial charge is 0.259 e. The Hall–Kier alpha value is -2.01. The molecule has 2 aromatic rings. The van der Waals surface area contributed by atoms with Crippen LogP contribution in [0.25, 0.3) is 0 Å². The minimum atomic E-state index is -0.264. The van der Waals surface area contributed by atoms with Crippen LogP contribution in [0.1, 0.15) is 23.2 Å². The van der Waals surface area contributed by atoms with E-state index in [1.165, 1.54) is 20.0 Å². The number of aromatic nitrogens is 2. The molecule has 0 spiro atoms. The summed E-state index contributed by atoms with van der Waals surface area (Å²) in [6.07, 6.45) is 6.02. The van der Waals surface area contributed by atoms with Gasteiger partial charge in [0.05, 0.1) is 24.6 Å². The number of hydrogen-bond donors (Lipinski definition) is 1. The van der Waals surface area contributed by atoms with Crippen molar-refractivity contribution < 1.29 is 9.53 Å². The molecule has 1 aliphatic carbocycles. The quantitative estimate of drug-likeness (QED) is 0.923. The van der Waals surface area contributed by atoms with Gasteiger partial charge in [0.15, 0.2) is 0 Å². The monoisotopic (exact) mass is 305 g/mol. The number of carbonyl (C=O) groups excluding carboxylic acids is 1. The SMILES string of the molecule is COc1ccc(Cl)cc1C(=O)Nc1cnn(CC2CC2)c1. The average molecular weight is 306 g/mol. The van der Waals surface area contributed by atoms with Crippen LogP contribution in [0.2, 0.25) is 5.02 Å².